The first kappa shape index (κ1) is 16.5. The number of carboxylic acid groups (broad SMARTS) is 1. The van der Waals surface area contributed by atoms with Crippen molar-refractivity contribution < 1.29 is 9.90 Å². The van der Waals surface area contributed by atoms with Crippen LogP contribution in [-0.4, -0.2) is 22.6 Å². The van der Waals surface area contributed by atoms with Crippen LogP contribution in [0.5, 0.6) is 0 Å². The zero-order chi connectivity index (χ0) is 15.4. The van der Waals surface area contributed by atoms with Gasteiger partial charge in [0.25, 0.3) is 0 Å². The van der Waals surface area contributed by atoms with Crippen LogP contribution in [0.3, 0.4) is 0 Å². The smallest absolute Gasteiger partial charge is 0.339 e. The number of hydrogen-bond donors (Lipinski definition) is 2. The predicted octanol–water partition coefficient (Wildman–Crippen LogP) is 3.74. The molecule has 1 rings (SSSR count). The molecule has 0 aliphatic heterocycles. The summed E-state index contributed by atoms with van der Waals surface area (Å²) in [7, 11) is 0. The van der Waals surface area contributed by atoms with Crippen LogP contribution < -0.4 is 5.32 Å². The number of aromatic nitrogens is 1. The maximum absolute atomic E-state index is 11.4. The molecule has 0 saturated carbocycles. The molecule has 1 aromatic heterocycles. The molecule has 0 unspecified atom stereocenters. The number of nitrogens with zero attached hydrogens (tertiary/aromatic N) is 1. The summed E-state index contributed by atoms with van der Waals surface area (Å²) in [6.07, 6.45) is 0. The highest BCUT2D eigenvalue weighted by atomic mass is 16.4. The fraction of sp³-hybridized carbons (Fsp3) is 0.625. The van der Waals surface area contributed by atoms with Gasteiger partial charge in [-0.25, -0.2) is 9.78 Å². The molecule has 0 bridgehead atoms. The van der Waals surface area contributed by atoms with Gasteiger partial charge in [-0.2, -0.15) is 0 Å². The Kier molecular flexibility index (Phi) is 5.54. The first-order valence-corrected chi connectivity index (χ1v) is 7.19. The van der Waals surface area contributed by atoms with Crippen LogP contribution in [0.1, 0.15) is 49.3 Å². The molecule has 4 heteroatoms. The van der Waals surface area contributed by atoms with Crippen LogP contribution >= 0.6 is 0 Å². The van der Waals surface area contributed by atoms with Gasteiger partial charge < -0.3 is 10.4 Å². The number of anilines is 1. The molecule has 0 radical (unpaired) electrons. The number of aryl methyl sites for hydroxylation is 2. The first-order chi connectivity index (χ1) is 9.23. The van der Waals surface area contributed by atoms with Crippen molar-refractivity contribution >= 4 is 11.8 Å². The fourth-order valence-electron chi connectivity index (χ4n) is 2.69. The van der Waals surface area contributed by atoms with Gasteiger partial charge in [-0.3, -0.25) is 0 Å². The van der Waals surface area contributed by atoms with E-state index < -0.39 is 5.97 Å². The van der Waals surface area contributed by atoms with Crippen LogP contribution in [0.25, 0.3) is 0 Å². The zero-order valence-electron chi connectivity index (χ0n) is 13.3. The molecule has 2 N–H and O–H groups in total. The van der Waals surface area contributed by atoms with E-state index in [0.717, 1.165) is 17.8 Å². The van der Waals surface area contributed by atoms with Gasteiger partial charge >= 0.3 is 5.97 Å². The Morgan fingerprint density at radius 1 is 1.25 bits per heavy atom. The standard InChI is InChI=1S/C16H26N2O2/c1-9(2)13(10(3)4)8-17-15-14(16(19)20)11(5)7-12(6)18-15/h7,9-10,13H,8H2,1-6H3,(H,17,18)(H,19,20). The number of pyridine rings is 1. The van der Waals surface area contributed by atoms with Crippen molar-refractivity contribution in [3.8, 4) is 0 Å². The number of hydrogen-bond acceptors (Lipinski definition) is 3. The Morgan fingerprint density at radius 2 is 1.80 bits per heavy atom. The van der Waals surface area contributed by atoms with Crippen LogP contribution in [0.15, 0.2) is 6.07 Å². The molecule has 0 aliphatic carbocycles. The highest BCUT2D eigenvalue weighted by Crippen LogP contribution is 2.23. The summed E-state index contributed by atoms with van der Waals surface area (Å²) in [6.45, 7) is 13.2. The lowest BCUT2D eigenvalue weighted by molar-refractivity contribution is 0.0696. The summed E-state index contributed by atoms with van der Waals surface area (Å²) in [4.78, 5) is 15.7. The Hall–Kier alpha value is -1.58. The quantitative estimate of drug-likeness (QED) is 0.832. The van der Waals surface area contributed by atoms with E-state index in [1.165, 1.54) is 0 Å². The van der Waals surface area contributed by atoms with Crippen LogP contribution in [-0.2, 0) is 0 Å². The molecule has 0 amide bonds. The molecule has 1 heterocycles. The van der Waals surface area contributed by atoms with E-state index >= 15 is 0 Å². The Balaban J connectivity index is 3.00. The third-order valence-electron chi connectivity index (χ3n) is 3.78. The number of rotatable bonds is 6. The van der Waals surface area contributed by atoms with Crippen molar-refractivity contribution in [2.45, 2.75) is 41.5 Å². The van der Waals surface area contributed by atoms with E-state index in [-0.39, 0.29) is 5.56 Å². The topological polar surface area (TPSA) is 62.2 Å². The van der Waals surface area contributed by atoms with Crippen molar-refractivity contribution in [2.24, 2.45) is 17.8 Å². The molecule has 1 aromatic rings. The van der Waals surface area contributed by atoms with Gasteiger partial charge in [0.05, 0.1) is 0 Å². The van der Waals surface area contributed by atoms with Gasteiger partial charge in [0, 0.05) is 12.2 Å². The van der Waals surface area contributed by atoms with Crippen LogP contribution in [0.2, 0.25) is 0 Å². The maximum Gasteiger partial charge on any atom is 0.339 e. The predicted molar refractivity (Wildman–Crippen MR) is 82.3 cm³/mol. The highest BCUT2D eigenvalue weighted by Gasteiger charge is 2.20. The maximum atomic E-state index is 11.4. The van der Waals surface area contributed by atoms with E-state index in [9.17, 15) is 9.90 Å². The third-order valence-corrected chi connectivity index (χ3v) is 3.78. The highest BCUT2D eigenvalue weighted by molar-refractivity contribution is 5.94. The van der Waals surface area contributed by atoms with E-state index in [2.05, 4.69) is 38.0 Å². The molecule has 0 saturated heterocycles. The molecule has 0 aromatic carbocycles. The molecular weight excluding hydrogens is 252 g/mol. The molecule has 20 heavy (non-hydrogen) atoms. The second kappa shape index (κ2) is 6.73. The first-order valence-electron chi connectivity index (χ1n) is 7.19. The van der Waals surface area contributed by atoms with Crippen molar-refractivity contribution in [1.29, 1.82) is 0 Å². The average Bonchev–Trinajstić information content (AvgIpc) is 2.26. The monoisotopic (exact) mass is 278 g/mol. The van der Waals surface area contributed by atoms with Crippen LogP contribution in [0.4, 0.5) is 5.82 Å². The number of carboxylic acids is 1. The largest absolute Gasteiger partial charge is 0.478 e. The van der Waals surface area contributed by atoms with Gasteiger partial charge in [0.15, 0.2) is 0 Å². The van der Waals surface area contributed by atoms with Gasteiger partial charge in [-0.05, 0) is 43.2 Å². The van der Waals surface area contributed by atoms with Crippen LogP contribution in [0, 0.1) is 31.6 Å². The zero-order valence-corrected chi connectivity index (χ0v) is 13.3. The van der Waals surface area contributed by atoms with Crippen molar-refractivity contribution in [3.63, 3.8) is 0 Å². The third kappa shape index (κ3) is 3.95. The fourth-order valence-corrected chi connectivity index (χ4v) is 2.69. The van der Waals surface area contributed by atoms with Crippen molar-refractivity contribution in [2.75, 3.05) is 11.9 Å². The summed E-state index contributed by atoms with van der Waals surface area (Å²) in [6, 6.07) is 1.80. The van der Waals surface area contributed by atoms with E-state index in [1.807, 2.05) is 13.8 Å². The van der Waals surface area contributed by atoms with Gasteiger partial charge in [0.2, 0.25) is 0 Å². The summed E-state index contributed by atoms with van der Waals surface area (Å²) in [5, 5.41) is 12.6. The van der Waals surface area contributed by atoms with E-state index in [4.69, 9.17) is 0 Å². The lowest BCUT2D eigenvalue weighted by Gasteiger charge is -2.25. The second-order valence-corrected chi connectivity index (χ2v) is 6.14. The average molecular weight is 278 g/mol. The molecular formula is C16H26N2O2. The van der Waals surface area contributed by atoms with Gasteiger partial charge in [-0.1, -0.05) is 27.7 Å². The summed E-state index contributed by atoms with van der Waals surface area (Å²) in [5.74, 6) is 1.13. The second-order valence-electron chi connectivity index (χ2n) is 6.14. The molecule has 0 aliphatic rings. The molecule has 0 atom stereocenters. The molecule has 4 nitrogen and oxygen atoms in total. The van der Waals surface area contributed by atoms with Crippen molar-refractivity contribution in [1.82, 2.24) is 4.98 Å². The minimum Gasteiger partial charge on any atom is -0.478 e. The summed E-state index contributed by atoms with van der Waals surface area (Å²) < 4.78 is 0. The lowest BCUT2D eigenvalue weighted by Crippen LogP contribution is -2.26. The van der Waals surface area contributed by atoms with Gasteiger partial charge in [0.1, 0.15) is 11.4 Å². The minimum atomic E-state index is -0.928. The Morgan fingerprint density at radius 3 is 2.25 bits per heavy atom. The SMILES string of the molecule is Cc1cc(C)c(C(=O)O)c(NCC(C(C)C)C(C)C)n1. The number of aromatic carboxylic acids is 1. The molecule has 0 fully saturated rings. The molecule has 0 spiro atoms. The summed E-state index contributed by atoms with van der Waals surface area (Å²) >= 11 is 0. The number of nitrogens with one attached hydrogen (secondary N) is 1. The Bertz CT molecular complexity index is 474. The van der Waals surface area contributed by atoms with E-state index in [0.29, 0.717) is 23.6 Å². The minimum absolute atomic E-state index is 0.280. The normalized spacial score (nSPS) is 11.4. The van der Waals surface area contributed by atoms with E-state index in [1.54, 1.807) is 6.07 Å². The molecule has 112 valence electrons. The summed E-state index contributed by atoms with van der Waals surface area (Å²) in [5.41, 5.74) is 1.86. The van der Waals surface area contributed by atoms with Gasteiger partial charge in [-0.15, -0.1) is 0 Å². The number of carbonyl (C=O) groups is 1. The Labute approximate surface area is 121 Å². The lowest BCUT2D eigenvalue weighted by atomic mass is 9.85. The van der Waals surface area contributed by atoms with Crippen molar-refractivity contribution in [3.05, 3.63) is 22.9 Å².